The molecule has 0 saturated carbocycles. The first-order chi connectivity index (χ1) is 15.9. The van der Waals surface area contributed by atoms with Crippen molar-refractivity contribution in [3.8, 4) is 0 Å². The second-order valence-corrected chi connectivity index (χ2v) is 8.79. The summed E-state index contributed by atoms with van der Waals surface area (Å²) in [6.45, 7) is 2.58. The van der Waals surface area contributed by atoms with Gasteiger partial charge in [0.2, 0.25) is 0 Å². The molecule has 0 spiro atoms. The van der Waals surface area contributed by atoms with Crippen molar-refractivity contribution in [3.63, 3.8) is 0 Å². The molecule has 178 valence electrons. The Bertz CT molecular complexity index is 989. The smallest absolute Gasteiger partial charge is 0.305 e. The second-order valence-electron chi connectivity index (χ2n) is 7.97. The summed E-state index contributed by atoms with van der Waals surface area (Å²) >= 11 is 12.1. The zero-order chi connectivity index (χ0) is 23.8. The van der Waals surface area contributed by atoms with Crippen LogP contribution in [0, 0.1) is 5.82 Å². The van der Waals surface area contributed by atoms with Gasteiger partial charge in [0.1, 0.15) is 24.6 Å². The molecule has 0 bridgehead atoms. The van der Waals surface area contributed by atoms with Crippen molar-refractivity contribution in [2.75, 3.05) is 19.7 Å². The van der Waals surface area contributed by atoms with Gasteiger partial charge in [-0.15, -0.1) is 0 Å². The van der Waals surface area contributed by atoms with Crippen LogP contribution in [-0.2, 0) is 20.9 Å². The van der Waals surface area contributed by atoms with Crippen LogP contribution in [0.4, 0.5) is 4.39 Å². The Balaban J connectivity index is 1.63. The topological polar surface area (TPSA) is 71.4 Å². The Morgan fingerprint density at radius 1 is 1.30 bits per heavy atom. The summed E-state index contributed by atoms with van der Waals surface area (Å²) in [4.78, 5) is 19.1. The fourth-order valence-electron chi connectivity index (χ4n) is 3.55. The van der Waals surface area contributed by atoms with E-state index in [-0.39, 0.29) is 37.6 Å². The van der Waals surface area contributed by atoms with Crippen molar-refractivity contribution in [2.24, 2.45) is 5.16 Å². The van der Waals surface area contributed by atoms with E-state index in [1.807, 2.05) is 17.9 Å². The SMILES string of the molecule is CCCC(=O)OC[C@@H](O)CN(Cc1ccccc1F)C[C@H]1CC(c2ccc(Cl)c(Cl)c2)=NO1. The minimum atomic E-state index is -0.922. The Labute approximate surface area is 202 Å². The number of nitrogens with zero attached hydrogens (tertiary/aromatic N) is 2. The quantitative estimate of drug-likeness (QED) is 0.451. The molecule has 33 heavy (non-hydrogen) atoms. The molecule has 1 aliphatic heterocycles. The third-order valence-corrected chi connectivity index (χ3v) is 5.90. The summed E-state index contributed by atoms with van der Waals surface area (Å²) < 4.78 is 19.4. The maximum atomic E-state index is 14.3. The van der Waals surface area contributed by atoms with E-state index in [4.69, 9.17) is 32.8 Å². The molecule has 1 N–H and O–H groups in total. The molecule has 9 heteroatoms. The van der Waals surface area contributed by atoms with Gasteiger partial charge in [0, 0.05) is 43.6 Å². The molecule has 0 fully saturated rings. The number of hydrogen-bond acceptors (Lipinski definition) is 6. The first kappa shape index (κ1) is 25.4. The maximum Gasteiger partial charge on any atom is 0.305 e. The van der Waals surface area contributed by atoms with Crippen molar-refractivity contribution >= 4 is 34.9 Å². The lowest BCUT2D eigenvalue weighted by Crippen LogP contribution is -2.39. The van der Waals surface area contributed by atoms with Crippen LogP contribution in [0.5, 0.6) is 0 Å². The van der Waals surface area contributed by atoms with E-state index in [0.29, 0.717) is 41.4 Å². The zero-order valence-electron chi connectivity index (χ0n) is 18.3. The van der Waals surface area contributed by atoms with Crippen molar-refractivity contribution < 1.29 is 23.9 Å². The summed E-state index contributed by atoms with van der Waals surface area (Å²) in [7, 11) is 0. The third-order valence-electron chi connectivity index (χ3n) is 5.16. The number of rotatable bonds is 11. The van der Waals surface area contributed by atoms with E-state index in [1.165, 1.54) is 6.07 Å². The minimum Gasteiger partial charge on any atom is -0.463 e. The molecule has 0 amide bonds. The fraction of sp³-hybridized carbons (Fsp3) is 0.417. The molecule has 2 atom stereocenters. The van der Waals surface area contributed by atoms with Gasteiger partial charge in [-0.1, -0.05) is 59.5 Å². The first-order valence-corrected chi connectivity index (χ1v) is 11.6. The average molecular weight is 497 g/mol. The highest BCUT2D eigenvalue weighted by atomic mass is 35.5. The number of carbonyl (C=O) groups is 1. The highest BCUT2D eigenvalue weighted by Crippen LogP contribution is 2.26. The number of esters is 1. The van der Waals surface area contributed by atoms with Gasteiger partial charge in [0.25, 0.3) is 0 Å². The number of halogens is 3. The maximum absolute atomic E-state index is 14.3. The van der Waals surface area contributed by atoms with E-state index < -0.39 is 6.10 Å². The predicted molar refractivity (Wildman–Crippen MR) is 126 cm³/mol. The summed E-state index contributed by atoms with van der Waals surface area (Å²) in [5.74, 6) is -0.678. The number of hydrogen-bond donors (Lipinski definition) is 1. The van der Waals surface area contributed by atoms with Crippen molar-refractivity contribution in [1.29, 1.82) is 0 Å². The van der Waals surface area contributed by atoms with Crippen molar-refractivity contribution in [3.05, 3.63) is 69.5 Å². The van der Waals surface area contributed by atoms with E-state index in [2.05, 4.69) is 5.16 Å². The van der Waals surface area contributed by atoms with E-state index in [1.54, 1.807) is 30.3 Å². The molecule has 2 aromatic rings. The molecule has 0 unspecified atom stereocenters. The highest BCUT2D eigenvalue weighted by Gasteiger charge is 2.26. The van der Waals surface area contributed by atoms with Gasteiger partial charge in [0.15, 0.2) is 0 Å². The molecule has 0 aliphatic carbocycles. The largest absolute Gasteiger partial charge is 0.463 e. The van der Waals surface area contributed by atoms with Gasteiger partial charge in [-0.2, -0.15) is 0 Å². The molecule has 1 heterocycles. The molecule has 0 saturated heterocycles. The van der Waals surface area contributed by atoms with Gasteiger partial charge in [-0.05, 0) is 24.6 Å². The number of benzene rings is 2. The number of carbonyl (C=O) groups excluding carboxylic acids is 1. The average Bonchev–Trinajstić information content (AvgIpc) is 3.24. The summed E-state index contributed by atoms with van der Waals surface area (Å²) in [5, 5.41) is 15.5. The van der Waals surface area contributed by atoms with Crippen LogP contribution < -0.4 is 0 Å². The summed E-state index contributed by atoms with van der Waals surface area (Å²) in [6, 6.07) is 11.7. The van der Waals surface area contributed by atoms with Crippen LogP contribution in [0.25, 0.3) is 0 Å². The highest BCUT2D eigenvalue weighted by molar-refractivity contribution is 6.42. The Morgan fingerprint density at radius 2 is 2.09 bits per heavy atom. The fourth-order valence-corrected chi connectivity index (χ4v) is 3.85. The van der Waals surface area contributed by atoms with Gasteiger partial charge in [-0.25, -0.2) is 4.39 Å². The van der Waals surface area contributed by atoms with Gasteiger partial charge in [-0.3, -0.25) is 9.69 Å². The number of ether oxygens (including phenoxy) is 1. The Kier molecular flexibility index (Phi) is 9.50. The molecule has 6 nitrogen and oxygen atoms in total. The Hall–Kier alpha value is -2.19. The van der Waals surface area contributed by atoms with Gasteiger partial charge < -0.3 is 14.7 Å². The van der Waals surface area contributed by atoms with Crippen LogP contribution in [-0.4, -0.2) is 53.6 Å². The molecule has 0 radical (unpaired) electrons. The number of aliphatic hydroxyl groups is 1. The lowest BCUT2D eigenvalue weighted by molar-refractivity contribution is -0.147. The van der Waals surface area contributed by atoms with E-state index >= 15 is 0 Å². The molecule has 1 aliphatic rings. The van der Waals surface area contributed by atoms with Crippen LogP contribution >= 0.6 is 23.2 Å². The normalized spacial score (nSPS) is 16.4. The Morgan fingerprint density at radius 3 is 2.82 bits per heavy atom. The van der Waals surface area contributed by atoms with Crippen LogP contribution in [0.1, 0.15) is 37.3 Å². The number of oxime groups is 1. The second kappa shape index (κ2) is 12.3. The van der Waals surface area contributed by atoms with Crippen LogP contribution in [0.3, 0.4) is 0 Å². The molecular weight excluding hydrogens is 470 g/mol. The lowest BCUT2D eigenvalue weighted by atomic mass is 10.0. The molecule has 0 aromatic heterocycles. The predicted octanol–water partition coefficient (Wildman–Crippen LogP) is 4.83. The molecular formula is C24H27Cl2FN2O4. The van der Waals surface area contributed by atoms with Gasteiger partial charge >= 0.3 is 5.97 Å². The van der Waals surface area contributed by atoms with Crippen LogP contribution in [0.15, 0.2) is 47.6 Å². The van der Waals surface area contributed by atoms with Crippen molar-refractivity contribution in [2.45, 2.75) is 44.9 Å². The molecule has 2 aromatic carbocycles. The standard InChI is InChI=1S/C24H27Cl2FN2O4/c1-2-5-24(31)32-15-18(30)13-29(12-17-6-3-4-7-22(17)27)14-19-11-23(28-33-19)16-8-9-20(25)21(26)10-16/h3-4,6-10,18-19,30H,2,5,11-15H2,1H3/t18-,19+/m0/s1. The third kappa shape index (κ3) is 7.67. The summed E-state index contributed by atoms with van der Waals surface area (Å²) in [6.07, 6.45) is 0.281. The minimum absolute atomic E-state index is 0.122. The number of aliphatic hydroxyl groups excluding tert-OH is 1. The monoisotopic (exact) mass is 496 g/mol. The molecule has 3 rings (SSSR count). The van der Waals surface area contributed by atoms with Crippen LogP contribution in [0.2, 0.25) is 10.0 Å². The first-order valence-electron chi connectivity index (χ1n) is 10.8. The van der Waals surface area contributed by atoms with E-state index in [0.717, 1.165) is 11.3 Å². The van der Waals surface area contributed by atoms with E-state index in [9.17, 15) is 14.3 Å². The summed E-state index contributed by atoms with van der Waals surface area (Å²) in [5.41, 5.74) is 2.05. The zero-order valence-corrected chi connectivity index (χ0v) is 19.9. The van der Waals surface area contributed by atoms with Gasteiger partial charge in [0.05, 0.1) is 15.8 Å². The lowest BCUT2D eigenvalue weighted by Gasteiger charge is -2.27. The van der Waals surface area contributed by atoms with Crippen molar-refractivity contribution in [1.82, 2.24) is 4.90 Å².